The first-order valence-corrected chi connectivity index (χ1v) is 8.99. The summed E-state index contributed by atoms with van der Waals surface area (Å²) in [5.41, 5.74) is 1.32. The third-order valence-electron chi connectivity index (χ3n) is 7.72. The Balaban J connectivity index is 1.88. The first-order valence-electron chi connectivity index (χ1n) is 8.99. The SMILES string of the molecule is CCC1[C@@H]2CCC3CCCC[C@]3(C)[C@H]2CCC1(C)C. The molecule has 0 aliphatic heterocycles. The second-order valence-electron chi connectivity index (χ2n) is 8.84. The summed E-state index contributed by atoms with van der Waals surface area (Å²) in [5, 5.41) is 0. The average Bonchev–Trinajstić information content (AvgIpc) is 2.36. The highest BCUT2D eigenvalue weighted by molar-refractivity contribution is 5.03. The number of rotatable bonds is 1. The van der Waals surface area contributed by atoms with Gasteiger partial charge in [-0.25, -0.2) is 0 Å². The molecule has 0 bridgehead atoms. The molecule has 0 aromatic heterocycles. The predicted molar refractivity (Wildman–Crippen MR) is 83.1 cm³/mol. The van der Waals surface area contributed by atoms with Crippen molar-refractivity contribution in [2.24, 2.45) is 34.5 Å². The maximum atomic E-state index is 2.68. The summed E-state index contributed by atoms with van der Waals surface area (Å²) in [6, 6.07) is 0. The maximum absolute atomic E-state index is 2.68. The van der Waals surface area contributed by atoms with E-state index in [4.69, 9.17) is 0 Å². The lowest BCUT2D eigenvalue weighted by molar-refractivity contribution is -0.108. The van der Waals surface area contributed by atoms with Crippen LogP contribution in [0.15, 0.2) is 0 Å². The van der Waals surface area contributed by atoms with E-state index in [2.05, 4.69) is 27.7 Å². The number of hydrogen-bond acceptors (Lipinski definition) is 0. The maximum Gasteiger partial charge on any atom is -0.0266 e. The minimum absolute atomic E-state index is 0.605. The molecule has 0 aromatic carbocycles. The highest BCUT2D eigenvalue weighted by Crippen LogP contribution is 2.63. The van der Waals surface area contributed by atoms with Gasteiger partial charge >= 0.3 is 0 Å². The molecule has 0 aromatic rings. The van der Waals surface area contributed by atoms with E-state index >= 15 is 0 Å². The van der Waals surface area contributed by atoms with Gasteiger partial charge in [0.15, 0.2) is 0 Å². The Bertz CT molecular complexity index is 329. The van der Waals surface area contributed by atoms with Gasteiger partial charge in [0, 0.05) is 0 Å². The molecule has 0 amide bonds. The topological polar surface area (TPSA) is 0 Å². The molecule has 3 saturated carbocycles. The molecule has 0 saturated heterocycles. The fraction of sp³-hybridized carbons (Fsp3) is 1.00. The molecule has 3 aliphatic carbocycles. The highest BCUT2D eigenvalue weighted by atomic mass is 14.6. The second-order valence-corrected chi connectivity index (χ2v) is 8.84. The highest BCUT2D eigenvalue weighted by Gasteiger charge is 2.54. The smallest absolute Gasteiger partial charge is 0.0266 e. The summed E-state index contributed by atoms with van der Waals surface area (Å²) >= 11 is 0. The van der Waals surface area contributed by atoms with Gasteiger partial charge in [0.05, 0.1) is 0 Å². The first-order chi connectivity index (χ1) is 8.99. The van der Waals surface area contributed by atoms with Gasteiger partial charge in [-0.05, 0) is 73.0 Å². The van der Waals surface area contributed by atoms with E-state index in [9.17, 15) is 0 Å². The lowest BCUT2D eigenvalue weighted by Gasteiger charge is -2.60. The van der Waals surface area contributed by atoms with Crippen molar-refractivity contribution in [3.05, 3.63) is 0 Å². The van der Waals surface area contributed by atoms with Gasteiger partial charge in [0.2, 0.25) is 0 Å². The van der Waals surface area contributed by atoms with E-state index in [1.165, 1.54) is 38.5 Å². The minimum Gasteiger partial charge on any atom is -0.0651 e. The van der Waals surface area contributed by atoms with E-state index in [0.717, 1.165) is 23.7 Å². The normalized spacial score (nSPS) is 49.3. The van der Waals surface area contributed by atoms with E-state index < -0.39 is 0 Å². The molecule has 0 spiro atoms. The van der Waals surface area contributed by atoms with Crippen LogP contribution < -0.4 is 0 Å². The average molecular weight is 262 g/mol. The van der Waals surface area contributed by atoms with Gasteiger partial charge in [-0.1, -0.05) is 47.0 Å². The summed E-state index contributed by atoms with van der Waals surface area (Å²) in [7, 11) is 0. The number of hydrogen-bond donors (Lipinski definition) is 0. The fourth-order valence-electron chi connectivity index (χ4n) is 6.65. The summed E-state index contributed by atoms with van der Waals surface area (Å²) < 4.78 is 0. The van der Waals surface area contributed by atoms with Crippen LogP contribution in [0.1, 0.15) is 85.5 Å². The lowest BCUT2D eigenvalue weighted by atomic mass is 9.45. The quantitative estimate of drug-likeness (QED) is 0.539. The largest absolute Gasteiger partial charge is 0.0651 e. The van der Waals surface area contributed by atoms with Gasteiger partial charge in [-0.3, -0.25) is 0 Å². The van der Waals surface area contributed by atoms with Crippen molar-refractivity contribution in [1.82, 2.24) is 0 Å². The van der Waals surface area contributed by atoms with Crippen LogP contribution in [0.2, 0.25) is 0 Å². The first kappa shape index (κ1) is 14.0. The lowest BCUT2D eigenvalue weighted by Crippen LogP contribution is -2.52. The second kappa shape index (κ2) is 4.78. The van der Waals surface area contributed by atoms with Crippen molar-refractivity contribution < 1.29 is 0 Å². The molecule has 0 N–H and O–H groups in total. The molecule has 2 unspecified atom stereocenters. The zero-order chi connectivity index (χ0) is 13.7. The number of fused-ring (bicyclic) bond motifs is 3. The van der Waals surface area contributed by atoms with Gasteiger partial charge in [0.1, 0.15) is 0 Å². The predicted octanol–water partition coefficient (Wildman–Crippen LogP) is 6.06. The molecule has 110 valence electrons. The Labute approximate surface area is 120 Å². The Morgan fingerprint density at radius 3 is 2.42 bits per heavy atom. The molecular weight excluding hydrogens is 228 g/mol. The van der Waals surface area contributed by atoms with Crippen LogP contribution in [0.3, 0.4) is 0 Å². The Morgan fingerprint density at radius 2 is 1.68 bits per heavy atom. The van der Waals surface area contributed by atoms with Crippen LogP contribution >= 0.6 is 0 Å². The van der Waals surface area contributed by atoms with Crippen LogP contribution in [0.25, 0.3) is 0 Å². The zero-order valence-electron chi connectivity index (χ0n) is 13.7. The summed E-state index contributed by atoms with van der Waals surface area (Å²) in [4.78, 5) is 0. The van der Waals surface area contributed by atoms with Crippen LogP contribution in [0.4, 0.5) is 0 Å². The standard InChI is InChI=1S/C19H34/c1-5-16-15-10-9-14-8-6-7-12-19(14,4)17(15)11-13-18(16,2)3/h14-17H,5-13H2,1-4H3/t14?,15-,16?,17-,19-/m0/s1. The summed E-state index contributed by atoms with van der Waals surface area (Å²) in [5.74, 6) is 4.17. The van der Waals surface area contributed by atoms with Gasteiger partial charge in [0.25, 0.3) is 0 Å². The van der Waals surface area contributed by atoms with Crippen molar-refractivity contribution in [3.8, 4) is 0 Å². The van der Waals surface area contributed by atoms with Crippen LogP contribution in [-0.2, 0) is 0 Å². The summed E-state index contributed by atoms with van der Waals surface area (Å²) in [6.07, 6.45) is 13.6. The zero-order valence-corrected chi connectivity index (χ0v) is 13.7. The monoisotopic (exact) mass is 262 g/mol. The molecule has 3 aliphatic rings. The van der Waals surface area contributed by atoms with Gasteiger partial charge in [-0.2, -0.15) is 0 Å². The Kier molecular flexibility index (Phi) is 3.51. The summed E-state index contributed by atoms with van der Waals surface area (Å²) in [6.45, 7) is 10.2. The van der Waals surface area contributed by atoms with Crippen LogP contribution in [-0.4, -0.2) is 0 Å². The molecule has 3 rings (SSSR count). The van der Waals surface area contributed by atoms with Crippen molar-refractivity contribution in [2.75, 3.05) is 0 Å². The van der Waals surface area contributed by atoms with E-state index in [1.54, 1.807) is 19.3 Å². The minimum atomic E-state index is 0.605. The van der Waals surface area contributed by atoms with Crippen molar-refractivity contribution in [1.29, 1.82) is 0 Å². The molecular formula is C19H34. The fourth-order valence-corrected chi connectivity index (χ4v) is 6.65. The van der Waals surface area contributed by atoms with Crippen molar-refractivity contribution >= 4 is 0 Å². The van der Waals surface area contributed by atoms with E-state index in [1.807, 2.05) is 0 Å². The molecule has 0 heterocycles. The van der Waals surface area contributed by atoms with E-state index in [-0.39, 0.29) is 0 Å². The third kappa shape index (κ3) is 2.09. The molecule has 0 nitrogen and oxygen atoms in total. The van der Waals surface area contributed by atoms with Gasteiger partial charge < -0.3 is 0 Å². The van der Waals surface area contributed by atoms with Crippen LogP contribution in [0, 0.1) is 34.5 Å². The molecule has 5 atom stereocenters. The molecule has 0 radical (unpaired) electrons. The van der Waals surface area contributed by atoms with Gasteiger partial charge in [-0.15, -0.1) is 0 Å². The molecule has 3 fully saturated rings. The van der Waals surface area contributed by atoms with Crippen LogP contribution in [0.5, 0.6) is 0 Å². The Morgan fingerprint density at radius 1 is 0.895 bits per heavy atom. The Hall–Kier alpha value is 0. The van der Waals surface area contributed by atoms with Crippen molar-refractivity contribution in [3.63, 3.8) is 0 Å². The molecule has 19 heavy (non-hydrogen) atoms. The molecule has 0 heteroatoms. The third-order valence-corrected chi connectivity index (χ3v) is 7.72. The van der Waals surface area contributed by atoms with Crippen molar-refractivity contribution in [2.45, 2.75) is 85.5 Å². The van der Waals surface area contributed by atoms with E-state index in [0.29, 0.717) is 10.8 Å².